The highest BCUT2D eigenvalue weighted by Gasteiger charge is 2.41. The normalized spacial score (nSPS) is 17.0. The van der Waals surface area contributed by atoms with E-state index in [1.165, 1.54) is 18.2 Å². The summed E-state index contributed by atoms with van der Waals surface area (Å²) in [6.45, 7) is 2.59. The maximum Gasteiger partial charge on any atom is 0.269 e. The second-order valence-electron chi connectivity index (χ2n) is 4.95. The van der Waals surface area contributed by atoms with Crippen molar-refractivity contribution in [1.82, 2.24) is 4.90 Å². The maximum atomic E-state index is 11.8. The van der Waals surface area contributed by atoms with Crippen LogP contribution in [0.2, 0.25) is 0 Å². The summed E-state index contributed by atoms with van der Waals surface area (Å²) in [6.07, 6.45) is 3.65. The molecule has 0 aromatic heterocycles. The molecule has 20 heavy (non-hydrogen) atoms. The van der Waals surface area contributed by atoms with Crippen molar-refractivity contribution >= 4 is 17.7 Å². The number of non-ortho nitro benzene ring substituents is 1. The van der Waals surface area contributed by atoms with Crippen LogP contribution in [0.4, 0.5) is 5.69 Å². The number of rotatable bonds is 4. The van der Waals surface area contributed by atoms with Gasteiger partial charge in [0, 0.05) is 18.2 Å². The molecule has 1 aromatic rings. The molecule has 0 unspecified atom stereocenters. The summed E-state index contributed by atoms with van der Waals surface area (Å²) >= 11 is 0. The molecule has 106 valence electrons. The first-order chi connectivity index (χ1) is 9.43. The molecule has 1 aliphatic heterocycles. The first kappa shape index (κ1) is 14.2. The minimum Gasteiger partial charge on any atom is -0.386 e. The molecule has 0 atom stereocenters. The highest BCUT2D eigenvalue weighted by molar-refractivity contribution is 5.92. The zero-order chi connectivity index (χ0) is 14.8. The summed E-state index contributed by atoms with van der Waals surface area (Å²) in [4.78, 5) is 23.4. The Kier molecular flexibility index (Phi) is 3.85. The van der Waals surface area contributed by atoms with Crippen LogP contribution >= 0.6 is 0 Å². The topological polar surface area (TPSA) is 83.7 Å². The third kappa shape index (κ3) is 3.03. The molecule has 6 heteroatoms. The Morgan fingerprint density at radius 1 is 1.45 bits per heavy atom. The number of carbonyl (C=O) groups excluding carboxylic acids is 1. The summed E-state index contributed by atoms with van der Waals surface area (Å²) in [5.41, 5.74) is -0.00362. The van der Waals surface area contributed by atoms with Crippen molar-refractivity contribution < 1.29 is 14.8 Å². The highest BCUT2D eigenvalue weighted by Crippen LogP contribution is 2.24. The Morgan fingerprint density at radius 3 is 2.55 bits per heavy atom. The number of nitrogens with zero attached hydrogens (tertiary/aromatic N) is 2. The maximum absolute atomic E-state index is 11.8. The van der Waals surface area contributed by atoms with E-state index in [9.17, 15) is 20.0 Å². The summed E-state index contributed by atoms with van der Waals surface area (Å²) in [5, 5.41) is 20.3. The second-order valence-corrected chi connectivity index (χ2v) is 4.95. The van der Waals surface area contributed by atoms with Crippen molar-refractivity contribution in [3.63, 3.8) is 0 Å². The lowest BCUT2D eigenvalue weighted by atomic mass is 9.91. The average molecular weight is 276 g/mol. The van der Waals surface area contributed by atoms with Crippen LogP contribution in [-0.4, -0.2) is 39.5 Å². The van der Waals surface area contributed by atoms with Crippen molar-refractivity contribution in [2.45, 2.75) is 18.9 Å². The van der Waals surface area contributed by atoms with Crippen LogP contribution < -0.4 is 0 Å². The fourth-order valence-corrected chi connectivity index (χ4v) is 2.02. The van der Waals surface area contributed by atoms with Gasteiger partial charge < -0.3 is 10.0 Å². The summed E-state index contributed by atoms with van der Waals surface area (Å²) in [5.74, 6) is -0.165. The van der Waals surface area contributed by atoms with Gasteiger partial charge in [0.15, 0.2) is 0 Å². The van der Waals surface area contributed by atoms with Crippen LogP contribution in [0.1, 0.15) is 18.9 Å². The minimum absolute atomic E-state index is 0.0178. The molecule has 1 fully saturated rings. The van der Waals surface area contributed by atoms with Gasteiger partial charge in [-0.3, -0.25) is 14.9 Å². The monoisotopic (exact) mass is 276 g/mol. The standard InChI is InChI=1S/C14H16N2O4/c1-2-14(18)9-15(10-14)13(17)8-5-11-3-6-12(7-4-11)16(19)20/h3-8,18H,2,9-10H2,1H3. The van der Waals surface area contributed by atoms with Gasteiger partial charge in [-0.15, -0.1) is 0 Å². The number of hydrogen-bond donors (Lipinski definition) is 1. The number of likely N-dealkylation sites (tertiary alicyclic amines) is 1. The number of nitro benzene ring substituents is 1. The Morgan fingerprint density at radius 2 is 2.05 bits per heavy atom. The van der Waals surface area contributed by atoms with Gasteiger partial charge in [-0.1, -0.05) is 6.92 Å². The molecule has 0 spiro atoms. The Balaban J connectivity index is 1.93. The average Bonchev–Trinajstić information content (AvgIpc) is 2.41. The largest absolute Gasteiger partial charge is 0.386 e. The molecule has 1 aliphatic rings. The lowest BCUT2D eigenvalue weighted by molar-refractivity contribution is -0.384. The molecule has 6 nitrogen and oxygen atoms in total. The third-order valence-electron chi connectivity index (χ3n) is 3.46. The van der Waals surface area contributed by atoms with Crippen LogP contribution in [0, 0.1) is 10.1 Å². The third-order valence-corrected chi connectivity index (χ3v) is 3.46. The number of hydrogen-bond acceptors (Lipinski definition) is 4. The zero-order valence-corrected chi connectivity index (χ0v) is 11.2. The molecule has 0 saturated carbocycles. The molecular formula is C14H16N2O4. The Bertz CT molecular complexity index is 545. The van der Waals surface area contributed by atoms with Crippen LogP contribution in [-0.2, 0) is 4.79 Å². The summed E-state index contributed by atoms with van der Waals surface area (Å²) < 4.78 is 0. The van der Waals surface area contributed by atoms with Gasteiger partial charge in [-0.05, 0) is 30.2 Å². The number of aliphatic hydroxyl groups is 1. The molecule has 1 heterocycles. The van der Waals surface area contributed by atoms with Crippen molar-refractivity contribution in [3.05, 3.63) is 46.0 Å². The van der Waals surface area contributed by atoms with Crippen LogP contribution in [0.25, 0.3) is 6.08 Å². The van der Waals surface area contributed by atoms with Gasteiger partial charge in [0.1, 0.15) is 0 Å². The number of carbonyl (C=O) groups is 1. The smallest absolute Gasteiger partial charge is 0.269 e. The number of benzene rings is 1. The van der Waals surface area contributed by atoms with E-state index in [1.54, 1.807) is 23.1 Å². The minimum atomic E-state index is -0.739. The van der Waals surface area contributed by atoms with Crippen LogP contribution in [0.15, 0.2) is 30.3 Å². The van der Waals surface area contributed by atoms with Crippen molar-refractivity contribution in [2.75, 3.05) is 13.1 Å². The van der Waals surface area contributed by atoms with Gasteiger partial charge >= 0.3 is 0 Å². The van der Waals surface area contributed by atoms with Crippen molar-refractivity contribution in [1.29, 1.82) is 0 Å². The van der Waals surface area contributed by atoms with Gasteiger partial charge in [0.2, 0.25) is 5.91 Å². The molecule has 1 N–H and O–H groups in total. The van der Waals surface area contributed by atoms with E-state index in [4.69, 9.17) is 0 Å². The van der Waals surface area contributed by atoms with E-state index in [0.29, 0.717) is 19.5 Å². The lowest BCUT2D eigenvalue weighted by Crippen LogP contribution is -2.62. The van der Waals surface area contributed by atoms with Crippen molar-refractivity contribution in [3.8, 4) is 0 Å². The van der Waals surface area contributed by atoms with E-state index < -0.39 is 10.5 Å². The predicted molar refractivity (Wildman–Crippen MR) is 74.0 cm³/mol. The number of nitro groups is 1. The zero-order valence-electron chi connectivity index (χ0n) is 11.2. The Hall–Kier alpha value is -2.21. The first-order valence-corrected chi connectivity index (χ1v) is 6.37. The Labute approximate surface area is 116 Å². The fourth-order valence-electron chi connectivity index (χ4n) is 2.02. The van der Waals surface area contributed by atoms with E-state index in [2.05, 4.69) is 0 Å². The predicted octanol–water partition coefficient (Wildman–Crippen LogP) is 1.59. The van der Waals surface area contributed by atoms with Crippen LogP contribution in [0.3, 0.4) is 0 Å². The van der Waals surface area contributed by atoms with E-state index in [-0.39, 0.29) is 11.6 Å². The molecule has 1 amide bonds. The molecule has 2 rings (SSSR count). The second kappa shape index (κ2) is 5.42. The van der Waals surface area contributed by atoms with Crippen LogP contribution in [0.5, 0.6) is 0 Å². The summed E-state index contributed by atoms with van der Waals surface area (Å²) in [6, 6.07) is 5.95. The molecular weight excluding hydrogens is 260 g/mol. The van der Waals surface area contributed by atoms with E-state index in [1.807, 2.05) is 6.92 Å². The first-order valence-electron chi connectivity index (χ1n) is 6.37. The van der Waals surface area contributed by atoms with E-state index in [0.717, 1.165) is 5.56 Å². The molecule has 0 aliphatic carbocycles. The van der Waals surface area contributed by atoms with Gasteiger partial charge in [-0.25, -0.2) is 0 Å². The quantitative estimate of drug-likeness (QED) is 0.514. The molecule has 1 aromatic carbocycles. The highest BCUT2D eigenvalue weighted by atomic mass is 16.6. The SMILES string of the molecule is CCC1(O)CN(C(=O)C=Cc2ccc([N+](=O)[O-])cc2)C1. The van der Waals surface area contributed by atoms with Crippen molar-refractivity contribution in [2.24, 2.45) is 0 Å². The van der Waals surface area contributed by atoms with Gasteiger partial charge in [-0.2, -0.15) is 0 Å². The number of β-amino-alcohol motifs (C(OH)–C–C–N with tert-alkyl or cyclic N) is 1. The summed E-state index contributed by atoms with van der Waals surface area (Å²) in [7, 11) is 0. The molecule has 0 bridgehead atoms. The fraction of sp³-hybridized carbons (Fsp3) is 0.357. The van der Waals surface area contributed by atoms with Gasteiger partial charge in [0.05, 0.1) is 23.6 Å². The number of amides is 1. The molecule has 1 saturated heterocycles. The molecule has 0 radical (unpaired) electrons. The van der Waals surface area contributed by atoms with E-state index >= 15 is 0 Å². The van der Waals surface area contributed by atoms with Gasteiger partial charge in [0.25, 0.3) is 5.69 Å². The lowest BCUT2D eigenvalue weighted by Gasteiger charge is -2.45.